The zero-order valence-corrected chi connectivity index (χ0v) is 14.1. The van der Waals surface area contributed by atoms with E-state index in [1.54, 1.807) is 16.0 Å². The SMILES string of the molecule is CCCCn1nc(C)c(C(=O)NCc2sccc2C)c1Cl. The lowest BCUT2D eigenvalue weighted by Gasteiger charge is -2.05. The van der Waals surface area contributed by atoms with Gasteiger partial charge in [-0.2, -0.15) is 5.10 Å². The number of thiophene rings is 1. The summed E-state index contributed by atoms with van der Waals surface area (Å²) in [5, 5.41) is 9.74. The monoisotopic (exact) mass is 325 g/mol. The lowest BCUT2D eigenvalue weighted by molar-refractivity contribution is 0.0950. The van der Waals surface area contributed by atoms with Gasteiger partial charge in [0.25, 0.3) is 5.91 Å². The quantitative estimate of drug-likeness (QED) is 0.874. The summed E-state index contributed by atoms with van der Waals surface area (Å²) in [6.07, 6.45) is 2.06. The Morgan fingerprint density at radius 2 is 2.24 bits per heavy atom. The number of carbonyl (C=O) groups is 1. The van der Waals surface area contributed by atoms with Crippen molar-refractivity contribution in [2.24, 2.45) is 0 Å². The molecule has 2 aromatic heterocycles. The van der Waals surface area contributed by atoms with Crippen LogP contribution in [-0.2, 0) is 13.1 Å². The van der Waals surface area contributed by atoms with Crippen LogP contribution in [0.1, 0.15) is 46.3 Å². The van der Waals surface area contributed by atoms with Gasteiger partial charge in [-0.1, -0.05) is 24.9 Å². The van der Waals surface area contributed by atoms with Crippen LogP contribution >= 0.6 is 22.9 Å². The van der Waals surface area contributed by atoms with Gasteiger partial charge in [0.15, 0.2) is 0 Å². The molecule has 0 saturated carbocycles. The summed E-state index contributed by atoms with van der Waals surface area (Å²) in [4.78, 5) is 13.5. The molecule has 0 aliphatic rings. The maximum absolute atomic E-state index is 12.3. The summed E-state index contributed by atoms with van der Waals surface area (Å²) >= 11 is 7.94. The lowest BCUT2D eigenvalue weighted by atomic mass is 10.2. The van der Waals surface area contributed by atoms with Gasteiger partial charge in [0.1, 0.15) is 5.15 Å². The van der Waals surface area contributed by atoms with Gasteiger partial charge in [-0.05, 0) is 37.3 Å². The molecule has 0 fully saturated rings. The van der Waals surface area contributed by atoms with Crippen molar-refractivity contribution in [3.63, 3.8) is 0 Å². The molecule has 0 atom stereocenters. The van der Waals surface area contributed by atoms with E-state index in [9.17, 15) is 4.79 Å². The molecule has 0 bridgehead atoms. The average molecular weight is 326 g/mol. The minimum absolute atomic E-state index is 0.159. The van der Waals surface area contributed by atoms with Crippen molar-refractivity contribution in [1.82, 2.24) is 15.1 Å². The van der Waals surface area contributed by atoms with Gasteiger partial charge in [-0.25, -0.2) is 0 Å². The molecule has 0 aliphatic carbocycles. The Balaban J connectivity index is 2.08. The summed E-state index contributed by atoms with van der Waals surface area (Å²) in [6, 6.07) is 2.05. The summed E-state index contributed by atoms with van der Waals surface area (Å²) in [6.45, 7) is 7.24. The van der Waals surface area contributed by atoms with E-state index in [4.69, 9.17) is 11.6 Å². The molecular formula is C15H20ClN3OS. The number of halogens is 1. The first-order valence-corrected chi connectivity index (χ1v) is 8.34. The number of nitrogens with zero attached hydrogens (tertiary/aromatic N) is 2. The van der Waals surface area contributed by atoms with E-state index in [1.807, 2.05) is 25.3 Å². The Hall–Kier alpha value is -1.33. The first kappa shape index (κ1) is 16.0. The first-order valence-electron chi connectivity index (χ1n) is 7.08. The molecule has 6 heteroatoms. The summed E-state index contributed by atoms with van der Waals surface area (Å²) in [5.41, 5.74) is 2.36. The summed E-state index contributed by atoms with van der Waals surface area (Å²) in [5.74, 6) is -0.159. The van der Waals surface area contributed by atoms with E-state index in [0.717, 1.165) is 24.3 Å². The maximum Gasteiger partial charge on any atom is 0.256 e. The molecule has 0 unspecified atom stereocenters. The number of rotatable bonds is 6. The number of nitrogens with one attached hydrogen (secondary N) is 1. The third-order valence-corrected chi connectivity index (χ3v) is 4.80. The van der Waals surface area contributed by atoms with Crippen LogP contribution in [0.2, 0.25) is 5.15 Å². The molecule has 2 heterocycles. The lowest BCUT2D eigenvalue weighted by Crippen LogP contribution is -2.23. The highest BCUT2D eigenvalue weighted by Crippen LogP contribution is 2.21. The standard InChI is InChI=1S/C15H20ClN3OS/c1-4-5-7-19-14(16)13(11(3)18-19)15(20)17-9-12-10(2)6-8-21-12/h6,8H,4-5,7,9H2,1-3H3,(H,17,20). The average Bonchev–Trinajstić information content (AvgIpc) is 2.98. The molecule has 114 valence electrons. The van der Waals surface area contributed by atoms with Crippen LogP contribution in [0.3, 0.4) is 0 Å². The highest BCUT2D eigenvalue weighted by Gasteiger charge is 2.20. The van der Waals surface area contributed by atoms with Crippen LogP contribution in [0.4, 0.5) is 0 Å². The number of hydrogen-bond acceptors (Lipinski definition) is 3. The predicted octanol–water partition coefficient (Wildman–Crippen LogP) is 3.94. The third-order valence-electron chi connectivity index (χ3n) is 3.39. The van der Waals surface area contributed by atoms with Gasteiger partial charge in [-0.15, -0.1) is 11.3 Å². The molecule has 2 aromatic rings. The van der Waals surface area contributed by atoms with E-state index < -0.39 is 0 Å². The zero-order chi connectivity index (χ0) is 15.4. The second kappa shape index (κ2) is 7.09. The largest absolute Gasteiger partial charge is 0.347 e. The molecule has 4 nitrogen and oxygen atoms in total. The van der Waals surface area contributed by atoms with Crippen molar-refractivity contribution < 1.29 is 4.79 Å². The van der Waals surface area contributed by atoms with Crippen molar-refractivity contribution in [2.45, 2.75) is 46.7 Å². The number of aryl methyl sites for hydroxylation is 3. The van der Waals surface area contributed by atoms with Crippen molar-refractivity contribution in [1.29, 1.82) is 0 Å². The van der Waals surface area contributed by atoms with Gasteiger partial charge in [0.2, 0.25) is 0 Å². The zero-order valence-electron chi connectivity index (χ0n) is 12.6. The van der Waals surface area contributed by atoms with Gasteiger partial charge >= 0.3 is 0 Å². The highest BCUT2D eigenvalue weighted by atomic mass is 35.5. The predicted molar refractivity (Wildman–Crippen MR) is 87.1 cm³/mol. The summed E-state index contributed by atoms with van der Waals surface area (Å²) in [7, 11) is 0. The fourth-order valence-electron chi connectivity index (χ4n) is 2.10. The van der Waals surface area contributed by atoms with E-state index in [0.29, 0.717) is 23.0 Å². The van der Waals surface area contributed by atoms with E-state index >= 15 is 0 Å². The van der Waals surface area contributed by atoms with Crippen molar-refractivity contribution in [3.8, 4) is 0 Å². The summed E-state index contributed by atoms with van der Waals surface area (Å²) < 4.78 is 1.71. The van der Waals surface area contributed by atoms with Crippen LogP contribution in [0.15, 0.2) is 11.4 Å². The molecule has 21 heavy (non-hydrogen) atoms. The van der Waals surface area contributed by atoms with E-state index in [-0.39, 0.29) is 5.91 Å². The van der Waals surface area contributed by atoms with E-state index in [1.165, 1.54) is 5.56 Å². The van der Waals surface area contributed by atoms with Gasteiger partial charge in [-0.3, -0.25) is 9.48 Å². The minimum Gasteiger partial charge on any atom is -0.347 e. The molecule has 0 aliphatic heterocycles. The first-order chi connectivity index (χ1) is 10.0. The molecule has 2 rings (SSSR count). The Bertz CT molecular complexity index is 633. The molecule has 0 aromatic carbocycles. The number of unbranched alkanes of at least 4 members (excludes halogenated alkanes) is 1. The molecular weight excluding hydrogens is 306 g/mol. The number of aromatic nitrogens is 2. The normalized spacial score (nSPS) is 10.9. The number of carbonyl (C=O) groups excluding carboxylic acids is 1. The number of amides is 1. The maximum atomic E-state index is 12.3. The van der Waals surface area contributed by atoms with Gasteiger partial charge < -0.3 is 5.32 Å². The van der Waals surface area contributed by atoms with Crippen LogP contribution < -0.4 is 5.32 Å². The van der Waals surface area contributed by atoms with Crippen molar-refractivity contribution >= 4 is 28.8 Å². The highest BCUT2D eigenvalue weighted by molar-refractivity contribution is 7.10. The van der Waals surface area contributed by atoms with Crippen LogP contribution in [-0.4, -0.2) is 15.7 Å². The van der Waals surface area contributed by atoms with Crippen LogP contribution in [0.25, 0.3) is 0 Å². The third kappa shape index (κ3) is 3.66. The molecule has 0 radical (unpaired) electrons. The second-order valence-electron chi connectivity index (χ2n) is 5.04. The van der Waals surface area contributed by atoms with Crippen LogP contribution in [0, 0.1) is 13.8 Å². The second-order valence-corrected chi connectivity index (χ2v) is 6.40. The molecule has 0 spiro atoms. The fraction of sp³-hybridized carbons (Fsp3) is 0.467. The van der Waals surface area contributed by atoms with Crippen molar-refractivity contribution in [2.75, 3.05) is 0 Å². The number of hydrogen-bond donors (Lipinski definition) is 1. The molecule has 1 amide bonds. The van der Waals surface area contributed by atoms with Gasteiger partial charge in [0, 0.05) is 11.4 Å². The van der Waals surface area contributed by atoms with Gasteiger partial charge in [0.05, 0.1) is 17.8 Å². The van der Waals surface area contributed by atoms with Crippen molar-refractivity contribution in [3.05, 3.63) is 38.3 Å². The fourth-order valence-corrected chi connectivity index (χ4v) is 3.29. The Morgan fingerprint density at radius 3 is 2.86 bits per heavy atom. The minimum atomic E-state index is -0.159. The molecule has 0 saturated heterocycles. The van der Waals surface area contributed by atoms with E-state index in [2.05, 4.69) is 17.3 Å². The topological polar surface area (TPSA) is 46.9 Å². The molecule has 1 N–H and O–H groups in total. The smallest absolute Gasteiger partial charge is 0.256 e. The Labute approximate surface area is 134 Å². The Kier molecular flexibility index (Phi) is 5.42. The van der Waals surface area contributed by atoms with Crippen LogP contribution in [0.5, 0.6) is 0 Å². The Morgan fingerprint density at radius 1 is 1.48 bits per heavy atom.